The molecule has 5 nitrogen and oxygen atoms in total. The van der Waals surface area contributed by atoms with Crippen molar-refractivity contribution in [1.82, 2.24) is 0 Å². The van der Waals surface area contributed by atoms with Crippen LogP contribution in [-0.2, 0) is 11.2 Å². The van der Waals surface area contributed by atoms with E-state index in [4.69, 9.17) is 15.2 Å². The molecule has 0 radical (unpaired) electrons. The first-order chi connectivity index (χ1) is 15.0. The van der Waals surface area contributed by atoms with Crippen molar-refractivity contribution in [3.8, 4) is 11.5 Å². The second-order valence-corrected chi connectivity index (χ2v) is 9.10. The molecular formula is C26H34N2O3. The summed E-state index contributed by atoms with van der Waals surface area (Å²) in [6.07, 6.45) is 6.24. The zero-order valence-corrected chi connectivity index (χ0v) is 18.6. The first-order valence-corrected chi connectivity index (χ1v) is 11.6. The maximum atomic E-state index is 11.8. The van der Waals surface area contributed by atoms with E-state index in [2.05, 4.69) is 42.6 Å². The molecule has 4 rings (SSSR count). The van der Waals surface area contributed by atoms with Crippen molar-refractivity contribution < 1.29 is 14.3 Å². The van der Waals surface area contributed by atoms with Crippen LogP contribution in [-0.4, -0.2) is 24.7 Å². The van der Waals surface area contributed by atoms with E-state index in [0.717, 1.165) is 62.1 Å². The van der Waals surface area contributed by atoms with Crippen LogP contribution in [0.15, 0.2) is 42.5 Å². The highest BCUT2D eigenvalue weighted by Crippen LogP contribution is 2.49. The van der Waals surface area contributed by atoms with Crippen molar-refractivity contribution in [3.63, 3.8) is 0 Å². The van der Waals surface area contributed by atoms with Crippen LogP contribution in [0.3, 0.4) is 0 Å². The van der Waals surface area contributed by atoms with Gasteiger partial charge in [0.15, 0.2) is 0 Å². The third-order valence-electron chi connectivity index (χ3n) is 6.58. The zero-order valence-electron chi connectivity index (χ0n) is 18.6. The molecule has 1 aliphatic heterocycles. The van der Waals surface area contributed by atoms with Crippen LogP contribution < -0.4 is 20.5 Å². The highest BCUT2D eigenvalue weighted by molar-refractivity contribution is 5.73. The summed E-state index contributed by atoms with van der Waals surface area (Å²) in [6, 6.07) is 14.7. The number of esters is 1. The first kappa shape index (κ1) is 21.7. The summed E-state index contributed by atoms with van der Waals surface area (Å²) in [6.45, 7) is 4.48. The Morgan fingerprint density at radius 1 is 1.23 bits per heavy atom. The van der Waals surface area contributed by atoms with Crippen molar-refractivity contribution in [2.75, 3.05) is 11.9 Å². The molecule has 5 heteroatoms. The summed E-state index contributed by atoms with van der Waals surface area (Å²) in [7, 11) is 0. The van der Waals surface area contributed by atoms with Gasteiger partial charge in [0.2, 0.25) is 0 Å². The predicted molar refractivity (Wildman–Crippen MR) is 124 cm³/mol. The van der Waals surface area contributed by atoms with E-state index in [9.17, 15) is 4.79 Å². The Balaban J connectivity index is 1.48. The Morgan fingerprint density at radius 3 is 2.81 bits per heavy atom. The van der Waals surface area contributed by atoms with Crippen molar-refractivity contribution in [1.29, 1.82) is 0 Å². The zero-order chi connectivity index (χ0) is 21.8. The number of fused-ring (bicyclic) bond motifs is 3. The lowest BCUT2D eigenvalue weighted by molar-refractivity contribution is -0.131. The number of carbonyl (C=O) groups excluding carboxylic acids is 1. The lowest BCUT2D eigenvalue weighted by Crippen LogP contribution is -2.38. The Kier molecular flexibility index (Phi) is 6.81. The van der Waals surface area contributed by atoms with Crippen LogP contribution in [0, 0.1) is 5.92 Å². The molecule has 0 spiro atoms. The molecule has 1 heterocycles. The van der Waals surface area contributed by atoms with Crippen LogP contribution in [0.5, 0.6) is 11.5 Å². The van der Waals surface area contributed by atoms with Crippen LogP contribution >= 0.6 is 0 Å². The van der Waals surface area contributed by atoms with E-state index in [1.54, 1.807) is 0 Å². The van der Waals surface area contributed by atoms with Gasteiger partial charge in [-0.25, -0.2) is 0 Å². The number of anilines is 1. The van der Waals surface area contributed by atoms with E-state index in [1.165, 1.54) is 12.5 Å². The molecule has 2 aromatic rings. The minimum absolute atomic E-state index is 0.0754. The van der Waals surface area contributed by atoms with E-state index >= 15 is 0 Å². The normalized spacial score (nSPS) is 23.1. The molecule has 1 fully saturated rings. The van der Waals surface area contributed by atoms with E-state index in [1.807, 2.05) is 12.1 Å². The number of hydrogen-bond donors (Lipinski definition) is 2. The Bertz CT molecular complexity index is 899. The van der Waals surface area contributed by atoms with Gasteiger partial charge in [-0.1, -0.05) is 30.3 Å². The molecule has 1 saturated carbocycles. The minimum atomic E-state index is -0.308. The van der Waals surface area contributed by atoms with Gasteiger partial charge >= 0.3 is 5.97 Å². The third-order valence-corrected chi connectivity index (χ3v) is 6.58. The van der Waals surface area contributed by atoms with Crippen LogP contribution in [0.25, 0.3) is 0 Å². The van der Waals surface area contributed by atoms with Gasteiger partial charge < -0.3 is 20.5 Å². The molecular weight excluding hydrogens is 388 g/mol. The van der Waals surface area contributed by atoms with Crippen LogP contribution in [0.4, 0.5) is 5.69 Å². The molecule has 3 N–H and O–H groups in total. The lowest BCUT2D eigenvalue weighted by atomic mass is 9.71. The van der Waals surface area contributed by atoms with Crippen molar-refractivity contribution in [3.05, 3.63) is 53.6 Å². The molecule has 0 amide bonds. The van der Waals surface area contributed by atoms with Crippen molar-refractivity contribution in [2.45, 2.75) is 70.4 Å². The molecule has 4 unspecified atom stereocenters. The summed E-state index contributed by atoms with van der Waals surface area (Å²) < 4.78 is 11.9. The van der Waals surface area contributed by atoms with Gasteiger partial charge in [-0.15, -0.1) is 0 Å². The third kappa shape index (κ3) is 5.40. The number of nitrogens with two attached hydrogens (primary N) is 1. The van der Waals surface area contributed by atoms with Gasteiger partial charge in [-0.2, -0.15) is 0 Å². The number of hydrogen-bond acceptors (Lipinski definition) is 5. The lowest BCUT2D eigenvalue weighted by Gasteiger charge is -2.40. The van der Waals surface area contributed by atoms with Gasteiger partial charge in [0.1, 0.15) is 11.5 Å². The number of rotatable bonds is 7. The summed E-state index contributed by atoms with van der Waals surface area (Å²) in [4.78, 5) is 11.8. The molecule has 2 aliphatic rings. The monoisotopic (exact) mass is 422 g/mol. The Hall–Kier alpha value is -2.53. The van der Waals surface area contributed by atoms with Crippen LogP contribution in [0.2, 0.25) is 0 Å². The van der Waals surface area contributed by atoms with E-state index in [-0.39, 0.29) is 18.1 Å². The average Bonchev–Trinajstić information content (AvgIpc) is 2.73. The first-order valence-electron chi connectivity index (χ1n) is 11.6. The summed E-state index contributed by atoms with van der Waals surface area (Å²) >= 11 is 0. The number of carbonyl (C=O) groups is 1. The molecule has 0 aromatic heterocycles. The Labute approximate surface area is 185 Å². The molecule has 1 aliphatic carbocycles. The van der Waals surface area contributed by atoms with Crippen molar-refractivity contribution in [2.24, 2.45) is 11.7 Å². The largest absolute Gasteiger partial charge is 0.491 e. The van der Waals surface area contributed by atoms with Gasteiger partial charge in [-0.05, 0) is 62.8 Å². The highest BCUT2D eigenvalue weighted by Gasteiger charge is 2.37. The fourth-order valence-electron chi connectivity index (χ4n) is 5.07. The maximum absolute atomic E-state index is 11.8. The fraction of sp³-hybridized carbons (Fsp3) is 0.500. The average molecular weight is 423 g/mol. The fourth-order valence-corrected chi connectivity index (χ4v) is 5.07. The molecule has 2 aromatic carbocycles. The van der Waals surface area contributed by atoms with E-state index in [0.29, 0.717) is 17.6 Å². The summed E-state index contributed by atoms with van der Waals surface area (Å²) in [5.41, 5.74) is 9.74. The number of nitrogens with one attached hydrogen (secondary N) is 1. The highest BCUT2D eigenvalue weighted by atomic mass is 16.5. The maximum Gasteiger partial charge on any atom is 0.308 e. The van der Waals surface area contributed by atoms with Crippen LogP contribution in [0.1, 0.15) is 63.0 Å². The minimum Gasteiger partial charge on any atom is -0.491 e. The van der Waals surface area contributed by atoms with E-state index < -0.39 is 0 Å². The number of aryl methyl sites for hydroxylation is 1. The quantitative estimate of drug-likeness (QED) is 0.483. The smallest absolute Gasteiger partial charge is 0.308 e. The number of benzene rings is 2. The summed E-state index contributed by atoms with van der Waals surface area (Å²) in [5.74, 6) is 1.91. The van der Waals surface area contributed by atoms with Gasteiger partial charge in [-0.3, -0.25) is 4.79 Å². The molecule has 0 bridgehead atoms. The molecule has 0 saturated heterocycles. The molecule has 4 atom stereocenters. The Morgan fingerprint density at radius 2 is 2.03 bits per heavy atom. The SMILES string of the molecule is CC(=O)Oc1cc(OC(C)CCCc2ccccc2)cc2c1C1CC(N)CCC1CN2. The topological polar surface area (TPSA) is 73.6 Å². The summed E-state index contributed by atoms with van der Waals surface area (Å²) in [5, 5.41) is 3.56. The van der Waals surface area contributed by atoms with Crippen molar-refractivity contribution >= 4 is 11.7 Å². The standard InChI is InChI=1S/C26H34N2O3/c1-17(7-6-10-19-8-4-3-5-9-19)30-22-14-24-26(25(15-22)31-18(2)29)23-13-21(27)12-11-20(23)16-28-24/h3-5,8-9,14-15,17,20-21,23,28H,6-7,10-13,16,27H2,1-2H3. The van der Waals surface area contributed by atoms with Gasteiger partial charge in [0.05, 0.1) is 6.10 Å². The molecule has 166 valence electrons. The van der Waals surface area contributed by atoms with Gasteiger partial charge in [0, 0.05) is 42.9 Å². The second kappa shape index (κ2) is 9.73. The predicted octanol–water partition coefficient (Wildman–Crippen LogP) is 5.04. The second-order valence-electron chi connectivity index (χ2n) is 9.10. The molecule has 31 heavy (non-hydrogen) atoms. The van der Waals surface area contributed by atoms with Gasteiger partial charge in [0.25, 0.3) is 0 Å². The number of ether oxygens (including phenoxy) is 2.